The van der Waals surface area contributed by atoms with E-state index in [1.54, 1.807) is 6.92 Å². The van der Waals surface area contributed by atoms with Crippen molar-refractivity contribution in [3.8, 4) is 0 Å². The molecule has 104 valence electrons. The second-order valence-corrected chi connectivity index (χ2v) is 6.93. The van der Waals surface area contributed by atoms with Crippen molar-refractivity contribution in [2.24, 2.45) is 0 Å². The molecule has 6 nitrogen and oxygen atoms in total. The minimum Gasteiger partial charge on any atom is -0.479 e. The van der Waals surface area contributed by atoms with E-state index < -0.39 is 32.5 Å². The summed E-state index contributed by atoms with van der Waals surface area (Å²) in [6, 6.07) is 0. The molecule has 1 amide bonds. The van der Waals surface area contributed by atoms with Crippen molar-refractivity contribution < 1.29 is 23.1 Å². The quantitative estimate of drug-likeness (QED) is 0.796. The van der Waals surface area contributed by atoms with E-state index in [-0.39, 0.29) is 19.4 Å². The van der Waals surface area contributed by atoms with Gasteiger partial charge in [-0.15, -0.1) is 0 Å². The average molecular weight is 277 g/mol. The van der Waals surface area contributed by atoms with E-state index in [1.807, 2.05) is 0 Å². The molecule has 0 aromatic rings. The SMILES string of the molecule is CCN(C(C)=O)C1(C(=O)O)CCCC1S(C)(=O)=O. The number of carboxylic acid groups (broad SMARTS) is 1. The second kappa shape index (κ2) is 4.87. The van der Waals surface area contributed by atoms with Gasteiger partial charge in [-0.25, -0.2) is 13.2 Å². The summed E-state index contributed by atoms with van der Waals surface area (Å²) in [5, 5.41) is 8.47. The zero-order valence-electron chi connectivity index (χ0n) is 10.8. The summed E-state index contributed by atoms with van der Waals surface area (Å²) in [5.74, 6) is -1.64. The summed E-state index contributed by atoms with van der Waals surface area (Å²) in [4.78, 5) is 24.4. The zero-order chi connectivity index (χ0) is 14.1. The molecule has 1 rings (SSSR count). The van der Waals surface area contributed by atoms with Gasteiger partial charge >= 0.3 is 5.97 Å². The van der Waals surface area contributed by atoms with Crippen LogP contribution in [0.2, 0.25) is 0 Å². The third-order valence-corrected chi connectivity index (χ3v) is 5.28. The number of carbonyl (C=O) groups is 2. The Labute approximate surface area is 107 Å². The summed E-state index contributed by atoms with van der Waals surface area (Å²) < 4.78 is 23.6. The Kier molecular flexibility index (Phi) is 4.05. The maximum Gasteiger partial charge on any atom is 0.331 e. The normalized spacial score (nSPS) is 28.1. The van der Waals surface area contributed by atoms with Crippen LogP contribution in [0.4, 0.5) is 0 Å². The van der Waals surface area contributed by atoms with Gasteiger partial charge in [-0.1, -0.05) is 0 Å². The fraction of sp³-hybridized carbons (Fsp3) is 0.818. The first-order valence-electron chi connectivity index (χ1n) is 5.88. The van der Waals surface area contributed by atoms with Crippen molar-refractivity contribution in [3.05, 3.63) is 0 Å². The molecule has 1 aliphatic rings. The molecule has 0 aromatic heterocycles. The first-order chi connectivity index (χ1) is 8.17. The van der Waals surface area contributed by atoms with Crippen molar-refractivity contribution >= 4 is 21.7 Å². The Morgan fingerprint density at radius 3 is 2.33 bits per heavy atom. The molecule has 1 aliphatic carbocycles. The third kappa shape index (κ3) is 2.23. The van der Waals surface area contributed by atoms with E-state index in [9.17, 15) is 23.1 Å². The van der Waals surface area contributed by atoms with Crippen molar-refractivity contribution in [3.63, 3.8) is 0 Å². The lowest BCUT2D eigenvalue weighted by Crippen LogP contribution is -2.62. The number of likely N-dealkylation sites (N-methyl/N-ethyl adjacent to an activating group) is 1. The molecule has 18 heavy (non-hydrogen) atoms. The summed E-state index contributed by atoms with van der Waals surface area (Å²) in [6.45, 7) is 3.11. The van der Waals surface area contributed by atoms with E-state index >= 15 is 0 Å². The lowest BCUT2D eigenvalue weighted by molar-refractivity contribution is -0.157. The van der Waals surface area contributed by atoms with Crippen LogP contribution in [0.5, 0.6) is 0 Å². The van der Waals surface area contributed by atoms with Crippen LogP contribution in [0.15, 0.2) is 0 Å². The lowest BCUT2D eigenvalue weighted by atomic mass is 9.94. The van der Waals surface area contributed by atoms with Crippen LogP contribution >= 0.6 is 0 Å². The lowest BCUT2D eigenvalue weighted by Gasteiger charge is -2.40. The molecule has 0 aliphatic heterocycles. The van der Waals surface area contributed by atoms with Gasteiger partial charge in [0, 0.05) is 19.7 Å². The fourth-order valence-electron chi connectivity index (χ4n) is 2.98. The number of rotatable bonds is 4. The van der Waals surface area contributed by atoms with E-state index in [0.717, 1.165) is 6.26 Å². The highest BCUT2D eigenvalue weighted by Crippen LogP contribution is 2.40. The number of carboxylic acids is 1. The molecule has 0 bridgehead atoms. The Balaban J connectivity index is 3.39. The van der Waals surface area contributed by atoms with Crippen LogP contribution in [-0.4, -0.2) is 53.9 Å². The maximum atomic E-state index is 11.8. The van der Waals surface area contributed by atoms with Crippen LogP contribution in [0, 0.1) is 0 Å². The van der Waals surface area contributed by atoms with Gasteiger partial charge in [0.25, 0.3) is 0 Å². The monoisotopic (exact) mass is 277 g/mol. The molecular weight excluding hydrogens is 258 g/mol. The summed E-state index contributed by atoms with van der Waals surface area (Å²) in [5.41, 5.74) is -1.60. The van der Waals surface area contributed by atoms with E-state index in [1.165, 1.54) is 11.8 Å². The molecule has 1 fully saturated rings. The molecule has 2 atom stereocenters. The Morgan fingerprint density at radius 1 is 1.44 bits per heavy atom. The van der Waals surface area contributed by atoms with E-state index in [0.29, 0.717) is 6.42 Å². The van der Waals surface area contributed by atoms with Gasteiger partial charge < -0.3 is 10.0 Å². The molecule has 0 radical (unpaired) electrons. The summed E-state index contributed by atoms with van der Waals surface area (Å²) in [7, 11) is -3.52. The molecule has 2 unspecified atom stereocenters. The number of aliphatic carboxylic acids is 1. The predicted octanol–water partition coefficient (Wildman–Crippen LogP) is 0.275. The first-order valence-corrected chi connectivity index (χ1v) is 7.83. The Bertz CT molecular complexity index is 458. The van der Waals surface area contributed by atoms with Gasteiger partial charge in [0.2, 0.25) is 5.91 Å². The molecule has 0 spiro atoms. The Morgan fingerprint density at radius 2 is 2.00 bits per heavy atom. The third-order valence-electron chi connectivity index (χ3n) is 3.62. The molecule has 0 heterocycles. The van der Waals surface area contributed by atoms with Gasteiger partial charge in [-0.3, -0.25) is 4.79 Å². The van der Waals surface area contributed by atoms with Gasteiger partial charge in [0.15, 0.2) is 15.4 Å². The highest BCUT2D eigenvalue weighted by Gasteiger charge is 2.58. The van der Waals surface area contributed by atoms with Gasteiger partial charge in [-0.05, 0) is 26.2 Å². The van der Waals surface area contributed by atoms with Crippen LogP contribution in [-0.2, 0) is 19.4 Å². The smallest absolute Gasteiger partial charge is 0.331 e. The van der Waals surface area contributed by atoms with Gasteiger partial charge in [0.05, 0.1) is 5.25 Å². The molecule has 0 aromatic carbocycles. The number of hydrogen-bond donors (Lipinski definition) is 1. The molecule has 0 saturated heterocycles. The van der Waals surface area contributed by atoms with Crippen LogP contribution in [0.25, 0.3) is 0 Å². The van der Waals surface area contributed by atoms with Crippen molar-refractivity contribution in [2.75, 3.05) is 12.8 Å². The topological polar surface area (TPSA) is 91.8 Å². The zero-order valence-corrected chi connectivity index (χ0v) is 11.7. The van der Waals surface area contributed by atoms with Crippen LogP contribution in [0.3, 0.4) is 0 Å². The number of sulfone groups is 1. The summed E-state index contributed by atoms with van der Waals surface area (Å²) in [6.07, 6.45) is 2.00. The molecule has 1 saturated carbocycles. The molecular formula is C11H19NO5S. The maximum absolute atomic E-state index is 11.8. The average Bonchev–Trinajstić information content (AvgIpc) is 2.63. The molecule has 7 heteroatoms. The van der Waals surface area contributed by atoms with Gasteiger partial charge in [-0.2, -0.15) is 0 Å². The van der Waals surface area contributed by atoms with E-state index in [2.05, 4.69) is 0 Å². The van der Waals surface area contributed by atoms with Crippen molar-refractivity contribution in [1.82, 2.24) is 4.90 Å². The number of hydrogen-bond acceptors (Lipinski definition) is 4. The summed E-state index contributed by atoms with van der Waals surface area (Å²) >= 11 is 0. The fourth-order valence-corrected chi connectivity index (χ4v) is 4.63. The highest BCUT2D eigenvalue weighted by atomic mass is 32.2. The van der Waals surface area contributed by atoms with E-state index in [4.69, 9.17) is 0 Å². The minimum atomic E-state index is -3.52. The number of carbonyl (C=O) groups excluding carboxylic acids is 1. The van der Waals surface area contributed by atoms with Crippen LogP contribution < -0.4 is 0 Å². The standard InChI is InChI=1S/C11H19NO5S/c1-4-12(8(2)13)11(10(14)15)7-5-6-9(11)18(3,16)17/h9H,4-7H2,1-3H3,(H,14,15). The minimum absolute atomic E-state index is 0.188. The number of nitrogens with zero attached hydrogens (tertiary/aromatic N) is 1. The van der Waals surface area contributed by atoms with Crippen LogP contribution in [0.1, 0.15) is 33.1 Å². The Hall–Kier alpha value is -1.11. The van der Waals surface area contributed by atoms with Crippen molar-refractivity contribution in [1.29, 1.82) is 0 Å². The molecule has 1 N–H and O–H groups in total. The number of amides is 1. The first kappa shape index (κ1) is 14.9. The van der Waals surface area contributed by atoms with Gasteiger partial charge in [0.1, 0.15) is 0 Å². The highest BCUT2D eigenvalue weighted by molar-refractivity contribution is 7.91. The largest absolute Gasteiger partial charge is 0.479 e. The van der Waals surface area contributed by atoms with Crippen molar-refractivity contribution in [2.45, 2.75) is 43.9 Å². The second-order valence-electron chi connectivity index (χ2n) is 4.70. The predicted molar refractivity (Wildman–Crippen MR) is 65.9 cm³/mol.